The molecule has 0 bridgehead atoms. The van der Waals surface area contributed by atoms with Crippen molar-refractivity contribution in [3.63, 3.8) is 0 Å². The largest absolute Gasteiger partial charge is 0.494 e. The molecule has 2 atom stereocenters. The highest BCUT2D eigenvalue weighted by Crippen LogP contribution is 2.26. The number of benzene rings is 1. The maximum atomic E-state index is 12.6. The lowest BCUT2D eigenvalue weighted by Crippen LogP contribution is -2.51. The predicted molar refractivity (Wildman–Crippen MR) is 118 cm³/mol. The van der Waals surface area contributed by atoms with Gasteiger partial charge in [-0.2, -0.15) is 0 Å². The summed E-state index contributed by atoms with van der Waals surface area (Å²) >= 11 is 0. The van der Waals surface area contributed by atoms with E-state index in [1.165, 1.54) is 0 Å². The molecule has 2 heterocycles. The molecule has 1 aromatic rings. The molecule has 1 aromatic carbocycles. The van der Waals surface area contributed by atoms with Gasteiger partial charge in [0.2, 0.25) is 0 Å². The summed E-state index contributed by atoms with van der Waals surface area (Å²) in [5.74, 6) is 0.755. The summed E-state index contributed by atoms with van der Waals surface area (Å²) < 4.78 is 23.8. The average Bonchev–Trinajstić information content (AvgIpc) is 2.64. The van der Waals surface area contributed by atoms with E-state index >= 15 is 0 Å². The summed E-state index contributed by atoms with van der Waals surface area (Å²) in [6.07, 6.45) is 3.73. The zero-order valence-corrected chi connectivity index (χ0v) is 19.3. The van der Waals surface area contributed by atoms with E-state index in [0.717, 1.165) is 36.9 Å². The lowest BCUT2D eigenvalue weighted by atomic mass is 9.75. The quantitative estimate of drug-likeness (QED) is 0.689. The molecule has 0 aliphatic carbocycles. The normalized spacial score (nSPS) is 24.5. The fourth-order valence-electron chi connectivity index (χ4n) is 4.14. The van der Waals surface area contributed by atoms with E-state index in [2.05, 4.69) is 20.8 Å². The van der Waals surface area contributed by atoms with E-state index in [1.54, 1.807) is 0 Å². The molecule has 2 aliphatic rings. The number of nitrogens with zero attached hydrogens (tertiary/aromatic N) is 1. The van der Waals surface area contributed by atoms with Crippen LogP contribution >= 0.6 is 0 Å². The van der Waals surface area contributed by atoms with Crippen molar-refractivity contribution in [1.29, 1.82) is 0 Å². The molecular formula is C23H36BNO5. The first-order valence-corrected chi connectivity index (χ1v) is 11.1. The van der Waals surface area contributed by atoms with Crippen LogP contribution in [0, 0.1) is 0 Å². The van der Waals surface area contributed by atoms with Gasteiger partial charge in [0.15, 0.2) is 0 Å². The summed E-state index contributed by atoms with van der Waals surface area (Å²) in [4.78, 5) is 14.4. The Morgan fingerprint density at radius 3 is 2.77 bits per heavy atom. The SMILES string of the molecule is CC1CC(C)(C)OB(c2cccc(OCC3CCCCN3C(=O)OC(C)(C)C)c2)O1. The Balaban J connectivity index is 1.63. The predicted octanol–water partition coefficient (Wildman–Crippen LogP) is 4.15. The maximum absolute atomic E-state index is 12.6. The van der Waals surface area contributed by atoms with Gasteiger partial charge in [-0.25, -0.2) is 4.79 Å². The van der Waals surface area contributed by atoms with E-state index < -0.39 is 12.7 Å². The average molecular weight is 417 g/mol. The molecule has 0 spiro atoms. The molecule has 0 radical (unpaired) electrons. The van der Waals surface area contributed by atoms with Crippen molar-refractivity contribution in [2.24, 2.45) is 0 Å². The molecule has 166 valence electrons. The van der Waals surface area contributed by atoms with Crippen LogP contribution in [0.1, 0.15) is 67.2 Å². The smallest absolute Gasteiger partial charge is 0.491 e. The highest BCUT2D eigenvalue weighted by molar-refractivity contribution is 6.61. The number of carbonyl (C=O) groups excluding carboxylic acids is 1. The second-order valence-electron chi connectivity index (χ2n) is 10.1. The summed E-state index contributed by atoms with van der Waals surface area (Å²) in [7, 11) is -0.403. The molecule has 0 N–H and O–H groups in total. The lowest BCUT2D eigenvalue weighted by Gasteiger charge is -2.38. The van der Waals surface area contributed by atoms with E-state index in [1.807, 2.05) is 49.9 Å². The molecule has 30 heavy (non-hydrogen) atoms. The van der Waals surface area contributed by atoms with Gasteiger partial charge in [-0.3, -0.25) is 0 Å². The molecule has 7 heteroatoms. The summed E-state index contributed by atoms with van der Waals surface area (Å²) in [6.45, 7) is 13.1. The Morgan fingerprint density at radius 1 is 1.30 bits per heavy atom. The van der Waals surface area contributed by atoms with Gasteiger partial charge in [0.1, 0.15) is 18.0 Å². The zero-order valence-electron chi connectivity index (χ0n) is 19.3. The number of carbonyl (C=O) groups is 1. The maximum Gasteiger partial charge on any atom is 0.494 e. The molecule has 3 rings (SSSR count). The highest BCUT2D eigenvalue weighted by Gasteiger charge is 2.38. The first-order valence-electron chi connectivity index (χ1n) is 11.1. The molecule has 0 saturated carbocycles. The third-order valence-corrected chi connectivity index (χ3v) is 5.39. The van der Waals surface area contributed by atoms with Crippen molar-refractivity contribution in [3.05, 3.63) is 24.3 Å². The molecule has 2 unspecified atom stereocenters. The lowest BCUT2D eigenvalue weighted by molar-refractivity contribution is -0.0230. The standard InChI is InChI=1S/C23H36BNO5/c1-17-15-23(5,6)30-24(29-17)18-10-9-12-20(14-18)27-16-19-11-7-8-13-25(19)21(26)28-22(2,3)4/h9-10,12,14,17,19H,7-8,11,13,15-16H2,1-6H3. The van der Waals surface area contributed by atoms with Crippen molar-refractivity contribution in [1.82, 2.24) is 4.90 Å². The molecule has 1 amide bonds. The van der Waals surface area contributed by atoms with Gasteiger partial charge in [0.25, 0.3) is 0 Å². The van der Waals surface area contributed by atoms with Gasteiger partial charge in [0, 0.05) is 12.6 Å². The number of hydrogen-bond donors (Lipinski definition) is 0. The number of hydrogen-bond acceptors (Lipinski definition) is 5. The van der Waals surface area contributed by atoms with E-state index in [-0.39, 0.29) is 23.8 Å². The van der Waals surface area contributed by atoms with Crippen LogP contribution in [0.25, 0.3) is 0 Å². The molecule has 2 fully saturated rings. The first-order chi connectivity index (χ1) is 14.0. The molecule has 2 aliphatic heterocycles. The minimum absolute atomic E-state index is 0.0124. The van der Waals surface area contributed by atoms with Crippen molar-refractivity contribution < 1.29 is 23.6 Å². The molecular weight excluding hydrogens is 381 g/mol. The van der Waals surface area contributed by atoms with Crippen LogP contribution in [0.5, 0.6) is 5.75 Å². The van der Waals surface area contributed by atoms with Crippen LogP contribution < -0.4 is 10.2 Å². The van der Waals surface area contributed by atoms with Crippen LogP contribution in [0.2, 0.25) is 0 Å². The second-order valence-corrected chi connectivity index (χ2v) is 10.1. The van der Waals surface area contributed by atoms with Crippen molar-refractivity contribution in [2.45, 2.75) is 90.6 Å². The molecule has 0 aromatic heterocycles. The summed E-state index contributed by atoms with van der Waals surface area (Å²) in [5, 5.41) is 0. The minimum atomic E-state index is -0.501. The Bertz CT molecular complexity index is 733. The number of likely N-dealkylation sites (tertiary alicyclic amines) is 1. The Labute approximate surface area is 181 Å². The van der Waals surface area contributed by atoms with Crippen LogP contribution in [0.15, 0.2) is 24.3 Å². The van der Waals surface area contributed by atoms with Crippen LogP contribution in [0.3, 0.4) is 0 Å². The van der Waals surface area contributed by atoms with Gasteiger partial charge >= 0.3 is 13.2 Å². The monoisotopic (exact) mass is 417 g/mol. The highest BCUT2D eigenvalue weighted by atomic mass is 16.6. The van der Waals surface area contributed by atoms with Gasteiger partial charge in [0.05, 0.1) is 11.6 Å². The zero-order chi connectivity index (χ0) is 21.9. The Morgan fingerprint density at radius 2 is 2.07 bits per heavy atom. The number of rotatable bonds is 4. The van der Waals surface area contributed by atoms with E-state index in [0.29, 0.717) is 13.2 Å². The van der Waals surface area contributed by atoms with Crippen LogP contribution in [0.4, 0.5) is 4.79 Å². The topological polar surface area (TPSA) is 57.2 Å². The summed E-state index contributed by atoms with van der Waals surface area (Å²) in [6, 6.07) is 7.87. The van der Waals surface area contributed by atoms with Gasteiger partial charge in [-0.05, 0) is 84.8 Å². The van der Waals surface area contributed by atoms with Gasteiger partial charge in [-0.15, -0.1) is 0 Å². The van der Waals surface area contributed by atoms with E-state index in [4.69, 9.17) is 18.8 Å². The Kier molecular flexibility index (Phi) is 7.03. The summed E-state index contributed by atoms with van der Waals surface area (Å²) in [5.41, 5.74) is 0.216. The van der Waals surface area contributed by atoms with Crippen molar-refractivity contribution in [2.75, 3.05) is 13.2 Å². The number of piperidine rings is 1. The molecule has 6 nitrogen and oxygen atoms in total. The van der Waals surface area contributed by atoms with Crippen molar-refractivity contribution in [3.8, 4) is 5.75 Å². The Hall–Kier alpha value is -1.73. The van der Waals surface area contributed by atoms with Crippen molar-refractivity contribution >= 4 is 18.7 Å². The minimum Gasteiger partial charge on any atom is -0.491 e. The van der Waals surface area contributed by atoms with Crippen LogP contribution in [-0.2, 0) is 14.0 Å². The fraction of sp³-hybridized carbons (Fsp3) is 0.696. The molecule has 2 saturated heterocycles. The fourth-order valence-corrected chi connectivity index (χ4v) is 4.14. The van der Waals surface area contributed by atoms with E-state index in [9.17, 15) is 4.79 Å². The third-order valence-electron chi connectivity index (χ3n) is 5.39. The first kappa shape index (κ1) is 22.9. The number of ether oxygens (including phenoxy) is 2. The van der Waals surface area contributed by atoms with Gasteiger partial charge < -0.3 is 23.7 Å². The third kappa shape index (κ3) is 6.38. The number of amides is 1. The second kappa shape index (κ2) is 9.19. The van der Waals surface area contributed by atoms with Gasteiger partial charge in [-0.1, -0.05) is 12.1 Å². The van der Waals surface area contributed by atoms with Crippen LogP contribution in [-0.4, -0.2) is 54.6 Å².